The normalized spacial score (nSPS) is 18.0. The van der Waals surface area contributed by atoms with E-state index in [1.54, 1.807) is 24.5 Å². The molecule has 1 fully saturated rings. The second kappa shape index (κ2) is 7.31. The maximum Gasteiger partial charge on any atom is 0.274 e. The summed E-state index contributed by atoms with van der Waals surface area (Å²) in [6.45, 7) is 1.51. The minimum absolute atomic E-state index is 0.0476. The molecule has 1 aromatic heterocycles. The number of amides is 1. The molecule has 0 unspecified atom stereocenters. The van der Waals surface area contributed by atoms with Crippen LogP contribution in [0.3, 0.4) is 0 Å². The van der Waals surface area contributed by atoms with E-state index in [0.717, 1.165) is 44.3 Å². The highest BCUT2D eigenvalue weighted by atomic mass is 19.1. The smallest absolute Gasteiger partial charge is 0.274 e. The lowest BCUT2D eigenvalue weighted by Gasteiger charge is -2.32. The van der Waals surface area contributed by atoms with Gasteiger partial charge in [-0.15, -0.1) is 0 Å². The highest BCUT2D eigenvalue weighted by molar-refractivity contribution is 5.92. The van der Waals surface area contributed by atoms with Gasteiger partial charge in [0.1, 0.15) is 11.5 Å². The van der Waals surface area contributed by atoms with Crippen LogP contribution in [0.25, 0.3) is 0 Å². The number of likely N-dealkylation sites (tertiary alicyclic amines) is 1. The van der Waals surface area contributed by atoms with Crippen molar-refractivity contribution in [2.24, 2.45) is 5.92 Å². The number of rotatable bonds is 4. The molecule has 0 saturated carbocycles. The van der Waals surface area contributed by atoms with Crippen LogP contribution in [-0.2, 0) is 6.42 Å². The molecule has 1 aliphatic heterocycles. The average molecular weight is 313 g/mol. The second-order valence-electron chi connectivity index (χ2n) is 6.02. The van der Waals surface area contributed by atoms with E-state index in [0.29, 0.717) is 11.6 Å². The molecule has 0 spiro atoms. The zero-order valence-electron chi connectivity index (χ0n) is 13.0. The monoisotopic (exact) mass is 313 g/mol. The summed E-state index contributed by atoms with van der Waals surface area (Å²) < 4.78 is 13.2. The molecule has 23 heavy (non-hydrogen) atoms. The number of hydrogen-bond donors (Lipinski definition) is 0. The first-order valence-corrected chi connectivity index (χ1v) is 8.02. The molecule has 0 bridgehead atoms. The summed E-state index contributed by atoms with van der Waals surface area (Å²) in [7, 11) is 0. The van der Waals surface area contributed by atoms with Gasteiger partial charge in [0.15, 0.2) is 0 Å². The van der Waals surface area contributed by atoms with Crippen LogP contribution in [0.1, 0.15) is 35.3 Å². The van der Waals surface area contributed by atoms with Crippen molar-refractivity contribution in [2.45, 2.75) is 25.7 Å². The lowest BCUT2D eigenvalue weighted by molar-refractivity contribution is 0.0662. The van der Waals surface area contributed by atoms with Gasteiger partial charge in [-0.2, -0.15) is 0 Å². The van der Waals surface area contributed by atoms with Crippen molar-refractivity contribution >= 4 is 5.91 Å². The van der Waals surface area contributed by atoms with Crippen LogP contribution in [0.4, 0.5) is 4.39 Å². The number of nitrogens with zero attached hydrogens (tertiary/aromatic N) is 3. The summed E-state index contributed by atoms with van der Waals surface area (Å²) in [5.41, 5.74) is 1.42. The van der Waals surface area contributed by atoms with Gasteiger partial charge in [-0.05, 0) is 49.3 Å². The number of hydrogen-bond acceptors (Lipinski definition) is 3. The van der Waals surface area contributed by atoms with E-state index in [9.17, 15) is 9.18 Å². The molecule has 1 saturated heterocycles. The van der Waals surface area contributed by atoms with Gasteiger partial charge in [0, 0.05) is 25.5 Å². The molecule has 1 amide bonds. The first-order chi connectivity index (χ1) is 11.2. The van der Waals surface area contributed by atoms with Gasteiger partial charge in [0.05, 0.1) is 6.20 Å². The Morgan fingerprint density at radius 1 is 1.35 bits per heavy atom. The van der Waals surface area contributed by atoms with Gasteiger partial charge in [0.2, 0.25) is 0 Å². The summed E-state index contributed by atoms with van der Waals surface area (Å²) in [4.78, 5) is 22.3. The third-order valence-electron chi connectivity index (χ3n) is 4.32. The number of piperidine rings is 1. The van der Waals surface area contributed by atoms with Gasteiger partial charge in [-0.3, -0.25) is 9.78 Å². The molecular formula is C18H20FN3O. The summed E-state index contributed by atoms with van der Waals surface area (Å²) in [6.07, 6.45) is 8.54. The Kier molecular flexibility index (Phi) is 4.95. The van der Waals surface area contributed by atoms with Crippen LogP contribution in [0, 0.1) is 11.7 Å². The fourth-order valence-corrected chi connectivity index (χ4v) is 3.12. The van der Waals surface area contributed by atoms with Gasteiger partial charge >= 0.3 is 0 Å². The minimum atomic E-state index is -0.189. The van der Waals surface area contributed by atoms with Crippen LogP contribution in [0.5, 0.6) is 0 Å². The van der Waals surface area contributed by atoms with Crippen molar-refractivity contribution in [1.29, 1.82) is 0 Å². The average Bonchev–Trinajstić information content (AvgIpc) is 2.60. The Balaban J connectivity index is 1.57. The first kappa shape index (κ1) is 15.6. The maximum absolute atomic E-state index is 13.2. The van der Waals surface area contributed by atoms with Crippen LogP contribution in [0.15, 0.2) is 42.9 Å². The van der Waals surface area contributed by atoms with Crippen molar-refractivity contribution in [1.82, 2.24) is 14.9 Å². The molecule has 4 nitrogen and oxygen atoms in total. The zero-order chi connectivity index (χ0) is 16.1. The van der Waals surface area contributed by atoms with Crippen LogP contribution >= 0.6 is 0 Å². The molecule has 0 N–H and O–H groups in total. The van der Waals surface area contributed by atoms with Crippen molar-refractivity contribution in [2.75, 3.05) is 13.1 Å². The van der Waals surface area contributed by atoms with Crippen molar-refractivity contribution in [3.05, 3.63) is 59.9 Å². The topological polar surface area (TPSA) is 46.1 Å². The highest BCUT2D eigenvalue weighted by Crippen LogP contribution is 2.22. The Morgan fingerprint density at radius 3 is 3.04 bits per heavy atom. The molecule has 2 aromatic rings. The Labute approximate surface area is 135 Å². The molecule has 0 radical (unpaired) electrons. The Hall–Kier alpha value is -2.30. The summed E-state index contributed by atoms with van der Waals surface area (Å²) >= 11 is 0. The lowest BCUT2D eigenvalue weighted by atomic mass is 9.91. The van der Waals surface area contributed by atoms with Crippen molar-refractivity contribution in [3.63, 3.8) is 0 Å². The largest absolute Gasteiger partial charge is 0.337 e. The predicted octanol–water partition coefficient (Wildman–Crippen LogP) is 3.10. The van der Waals surface area contributed by atoms with Crippen LogP contribution in [0.2, 0.25) is 0 Å². The van der Waals surface area contributed by atoms with E-state index in [2.05, 4.69) is 9.97 Å². The van der Waals surface area contributed by atoms with E-state index < -0.39 is 0 Å². The molecule has 120 valence electrons. The van der Waals surface area contributed by atoms with Crippen molar-refractivity contribution < 1.29 is 9.18 Å². The fraction of sp³-hybridized carbons (Fsp3) is 0.389. The number of aromatic nitrogens is 2. The number of benzene rings is 1. The molecule has 1 atom stereocenters. The van der Waals surface area contributed by atoms with Gasteiger partial charge in [-0.1, -0.05) is 12.1 Å². The third kappa shape index (κ3) is 4.12. The van der Waals surface area contributed by atoms with E-state index in [1.165, 1.54) is 12.3 Å². The molecule has 2 heterocycles. The Morgan fingerprint density at radius 2 is 2.26 bits per heavy atom. The molecule has 3 rings (SSSR count). The summed E-state index contributed by atoms with van der Waals surface area (Å²) in [5.74, 6) is 0.215. The molecule has 1 aromatic carbocycles. The van der Waals surface area contributed by atoms with Crippen LogP contribution in [-0.4, -0.2) is 33.9 Å². The van der Waals surface area contributed by atoms with E-state index in [1.807, 2.05) is 11.0 Å². The number of halogens is 1. The Bertz CT molecular complexity index is 662. The zero-order valence-corrected chi connectivity index (χ0v) is 13.0. The molecular weight excluding hydrogens is 293 g/mol. The SMILES string of the molecule is O=C(c1cnccn1)N1CCC[C@@H](CCc2cccc(F)c2)C1. The van der Waals surface area contributed by atoms with Gasteiger partial charge in [-0.25, -0.2) is 9.37 Å². The van der Waals surface area contributed by atoms with E-state index in [4.69, 9.17) is 0 Å². The van der Waals surface area contributed by atoms with Gasteiger partial charge < -0.3 is 4.90 Å². The quantitative estimate of drug-likeness (QED) is 0.871. The van der Waals surface area contributed by atoms with Crippen LogP contribution < -0.4 is 0 Å². The standard InChI is InChI=1S/C18H20FN3O/c19-16-5-1-3-14(11-16)6-7-15-4-2-10-22(13-15)18(23)17-12-20-8-9-21-17/h1,3,5,8-9,11-12,15H,2,4,6-7,10,13H2/t15-/m0/s1. The molecule has 0 aliphatic carbocycles. The fourth-order valence-electron chi connectivity index (χ4n) is 3.12. The van der Waals surface area contributed by atoms with E-state index in [-0.39, 0.29) is 11.7 Å². The minimum Gasteiger partial charge on any atom is -0.337 e. The molecule has 5 heteroatoms. The molecule has 1 aliphatic rings. The second-order valence-corrected chi connectivity index (χ2v) is 6.02. The highest BCUT2D eigenvalue weighted by Gasteiger charge is 2.25. The summed E-state index contributed by atoms with van der Waals surface area (Å²) in [6, 6.07) is 6.75. The number of carbonyl (C=O) groups excluding carboxylic acids is 1. The lowest BCUT2D eigenvalue weighted by Crippen LogP contribution is -2.40. The maximum atomic E-state index is 13.2. The van der Waals surface area contributed by atoms with Crippen molar-refractivity contribution in [3.8, 4) is 0 Å². The first-order valence-electron chi connectivity index (χ1n) is 8.02. The number of carbonyl (C=O) groups is 1. The third-order valence-corrected chi connectivity index (χ3v) is 4.32. The predicted molar refractivity (Wildman–Crippen MR) is 85.4 cm³/mol. The number of aryl methyl sites for hydroxylation is 1. The summed E-state index contributed by atoms with van der Waals surface area (Å²) in [5, 5.41) is 0. The van der Waals surface area contributed by atoms with Gasteiger partial charge in [0.25, 0.3) is 5.91 Å². The van der Waals surface area contributed by atoms with E-state index >= 15 is 0 Å².